The van der Waals surface area contributed by atoms with E-state index in [2.05, 4.69) is 10.6 Å². The van der Waals surface area contributed by atoms with Gasteiger partial charge in [0.1, 0.15) is 23.6 Å². The lowest BCUT2D eigenvalue weighted by Crippen LogP contribution is -2.46. The molecule has 4 amide bonds. The number of hydrogen-bond acceptors (Lipinski definition) is 4. The second kappa shape index (κ2) is 7.24. The van der Waals surface area contributed by atoms with E-state index in [9.17, 15) is 14.4 Å². The SMILES string of the molecule is Cc1cccc(Oc2ccc(NC(=O)CN3C(=O)N[C@](C)(C4CC4)C3=O)cc2)c1. The van der Waals surface area contributed by atoms with Gasteiger partial charge < -0.3 is 15.4 Å². The van der Waals surface area contributed by atoms with Gasteiger partial charge in [-0.2, -0.15) is 0 Å². The topological polar surface area (TPSA) is 87.7 Å². The normalized spacial score (nSPS) is 21.1. The molecular weight excluding hydrogens is 370 g/mol. The van der Waals surface area contributed by atoms with E-state index in [1.807, 2.05) is 31.2 Å². The van der Waals surface area contributed by atoms with Crippen LogP contribution in [0.4, 0.5) is 10.5 Å². The van der Waals surface area contributed by atoms with Gasteiger partial charge in [-0.15, -0.1) is 0 Å². The summed E-state index contributed by atoms with van der Waals surface area (Å²) in [6.07, 6.45) is 1.83. The van der Waals surface area contributed by atoms with E-state index in [1.165, 1.54) is 0 Å². The number of nitrogens with one attached hydrogen (secondary N) is 2. The zero-order valence-electron chi connectivity index (χ0n) is 16.4. The maximum Gasteiger partial charge on any atom is 0.325 e. The van der Waals surface area contributed by atoms with Gasteiger partial charge in [-0.3, -0.25) is 14.5 Å². The van der Waals surface area contributed by atoms with Crippen molar-refractivity contribution in [2.45, 2.75) is 32.2 Å². The molecule has 2 aromatic carbocycles. The summed E-state index contributed by atoms with van der Waals surface area (Å²) in [5, 5.41) is 5.45. The number of urea groups is 1. The molecule has 0 spiro atoms. The smallest absolute Gasteiger partial charge is 0.325 e. The van der Waals surface area contributed by atoms with Crippen molar-refractivity contribution >= 4 is 23.5 Å². The van der Waals surface area contributed by atoms with Crippen molar-refractivity contribution in [1.29, 1.82) is 0 Å². The highest BCUT2D eigenvalue weighted by Gasteiger charge is 2.56. The Labute approximate surface area is 169 Å². The average Bonchev–Trinajstić information content (AvgIpc) is 3.50. The first-order valence-corrected chi connectivity index (χ1v) is 9.64. The molecule has 2 N–H and O–H groups in total. The molecule has 150 valence electrons. The quantitative estimate of drug-likeness (QED) is 0.736. The highest BCUT2D eigenvalue weighted by atomic mass is 16.5. The van der Waals surface area contributed by atoms with Crippen LogP contribution in [-0.2, 0) is 9.59 Å². The Morgan fingerprint density at radius 2 is 1.90 bits per heavy atom. The van der Waals surface area contributed by atoms with Crippen molar-refractivity contribution in [3.05, 3.63) is 54.1 Å². The molecule has 1 saturated carbocycles. The molecule has 1 saturated heterocycles. The third kappa shape index (κ3) is 3.94. The molecule has 2 aromatic rings. The Kier molecular flexibility index (Phi) is 4.74. The van der Waals surface area contributed by atoms with Crippen LogP contribution in [0.5, 0.6) is 11.5 Å². The summed E-state index contributed by atoms with van der Waals surface area (Å²) in [6.45, 7) is 3.41. The predicted octanol–water partition coefficient (Wildman–Crippen LogP) is 3.45. The number of rotatable bonds is 6. The summed E-state index contributed by atoms with van der Waals surface area (Å²) in [7, 11) is 0. The average molecular weight is 393 g/mol. The summed E-state index contributed by atoms with van der Waals surface area (Å²) < 4.78 is 5.79. The van der Waals surface area contributed by atoms with Crippen molar-refractivity contribution in [2.75, 3.05) is 11.9 Å². The van der Waals surface area contributed by atoms with Gasteiger partial charge in [0.05, 0.1) is 0 Å². The van der Waals surface area contributed by atoms with E-state index < -0.39 is 17.5 Å². The fourth-order valence-corrected chi connectivity index (χ4v) is 3.56. The molecule has 1 aliphatic carbocycles. The fourth-order valence-electron chi connectivity index (χ4n) is 3.56. The Morgan fingerprint density at radius 1 is 1.17 bits per heavy atom. The molecule has 7 nitrogen and oxygen atoms in total. The second-order valence-electron chi connectivity index (χ2n) is 7.79. The van der Waals surface area contributed by atoms with Crippen LogP contribution in [0.3, 0.4) is 0 Å². The van der Waals surface area contributed by atoms with Crippen molar-refractivity contribution < 1.29 is 19.1 Å². The van der Waals surface area contributed by atoms with E-state index in [0.717, 1.165) is 29.1 Å². The number of hydrogen-bond donors (Lipinski definition) is 2. The van der Waals surface area contributed by atoms with Crippen LogP contribution in [0.1, 0.15) is 25.3 Å². The van der Waals surface area contributed by atoms with E-state index in [0.29, 0.717) is 11.4 Å². The Balaban J connectivity index is 1.35. The monoisotopic (exact) mass is 393 g/mol. The van der Waals surface area contributed by atoms with Gasteiger partial charge in [0.15, 0.2) is 0 Å². The van der Waals surface area contributed by atoms with Crippen LogP contribution in [0.25, 0.3) is 0 Å². The molecule has 7 heteroatoms. The highest BCUT2D eigenvalue weighted by Crippen LogP contribution is 2.42. The molecule has 2 fully saturated rings. The third-order valence-corrected chi connectivity index (χ3v) is 5.36. The van der Waals surface area contributed by atoms with E-state index in [1.54, 1.807) is 31.2 Å². The predicted molar refractivity (Wildman–Crippen MR) is 108 cm³/mol. The number of carbonyl (C=O) groups excluding carboxylic acids is 3. The largest absolute Gasteiger partial charge is 0.457 e. The summed E-state index contributed by atoms with van der Waals surface area (Å²) >= 11 is 0. The number of amides is 4. The molecule has 1 atom stereocenters. The number of imide groups is 1. The molecule has 4 rings (SSSR count). The van der Waals surface area contributed by atoms with Gasteiger partial charge in [0.2, 0.25) is 5.91 Å². The number of benzene rings is 2. The first kappa shape index (κ1) is 19.0. The van der Waals surface area contributed by atoms with E-state index in [-0.39, 0.29) is 18.4 Å². The summed E-state index contributed by atoms with van der Waals surface area (Å²) in [4.78, 5) is 38.1. The van der Waals surface area contributed by atoms with Gasteiger partial charge >= 0.3 is 6.03 Å². The number of aryl methyl sites for hydroxylation is 1. The fraction of sp³-hybridized carbons (Fsp3) is 0.318. The highest BCUT2D eigenvalue weighted by molar-refractivity contribution is 6.10. The molecule has 0 bridgehead atoms. The molecule has 0 unspecified atom stereocenters. The maximum atomic E-state index is 12.6. The molecule has 2 aliphatic rings. The second-order valence-corrected chi connectivity index (χ2v) is 7.79. The Bertz CT molecular complexity index is 968. The molecule has 29 heavy (non-hydrogen) atoms. The van der Waals surface area contributed by atoms with E-state index >= 15 is 0 Å². The van der Waals surface area contributed by atoms with Gasteiger partial charge in [0.25, 0.3) is 5.91 Å². The minimum atomic E-state index is -0.883. The van der Waals surface area contributed by atoms with Gasteiger partial charge in [-0.1, -0.05) is 12.1 Å². The van der Waals surface area contributed by atoms with Crippen LogP contribution in [0.2, 0.25) is 0 Å². The third-order valence-electron chi connectivity index (χ3n) is 5.36. The summed E-state index contributed by atoms with van der Waals surface area (Å²) in [5.74, 6) is 0.776. The first-order chi connectivity index (χ1) is 13.8. The molecule has 0 aromatic heterocycles. The van der Waals surface area contributed by atoms with E-state index in [4.69, 9.17) is 4.74 Å². The van der Waals surface area contributed by atoms with Crippen LogP contribution in [-0.4, -0.2) is 34.8 Å². The first-order valence-electron chi connectivity index (χ1n) is 9.64. The Morgan fingerprint density at radius 3 is 2.55 bits per heavy atom. The molecule has 1 aliphatic heterocycles. The maximum absolute atomic E-state index is 12.6. The molecule has 0 radical (unpaired) electrons. The number of ether oxygens (including phenoxy) is 1. The molecular formula is C22H23N3O4. The zero-order chi connectivity index (χ0) is 20.6. The molecule has 1 heterocycles. The minimum Gasteiger partial charge on any atom is -0.457 e. The van der Waals surface area contributed by atoms with Gasteiger partial charge in [-0.25, -0.2) is 4.79 Å². The zero-order valence-corrected chi connectivity index (χ0v) is 16.4. The standard InChI is InChI=1S/C22H23N3O4/c1-14-4-3-5-18(12-14)29-17-10-8-16(9-11-17)23-19(26)13-25-20(27)22(2,15-6-7-15)24-21(25)28/h3-5,8-12,15H,6-7,13H2,1-2H3,(H,23,26)(H,24,28)/t22-/m1/s1. The van der Waals surface area contributed by atoms with Crippen LogP contribution in [0, 0.1) is 12.8 Å². The van der Waals surface area contributed by atoms with Gasteiger partial charge in [0, 0.05) is 5.69 Å². The van der Waals surface area contributed by atoms with Crippen molar-refractivity contribution in [3.8, 4) is 11.5 Å². The van der Waals surface area contributed by atoms with Crippen molar-refractivity contribution in [2.24, 2.45) is 5.92 Å². The summed E-state index contributed by atoms with van der Waals surface area (Å²) in [5.41, 5.74) is 0.778. The van der Waals surface area contributed by atoms with Crippen molar-refractivity contribution in [3.63, 3.8) is 0 Å². The lowest BCUT2D eigenvalue weighted by Gasteiger charge is -2.20. The minimum absolute atomic E-state index is 0.160. The van der Waals surface area contributed by atoms with Gasteiger partial charge in [-0.05, 0) is 74.6 Å². The van der Waals surface area contributed by atoms with Crippen LogP contribution >= 0.6 is 0 Å². The number of carbonyl (C=O) groups is 3. The summed E-state index contributed by atoms with van der Waals surface area (Å²) in [6, 6.07) is 14.1. The lowest BCUT2D eigenvalue weighted by molar-refractivity contribution is -0.134. The lowest BCUT2D eigenvalue weighted by atomic mass is 9.96. The van der Waals surface area contributed by atoms with Crippen LogP contribution in [0.15, 0.2) is 48.5 Å². The number of nitrogens with zero attached hydrogens (tertiary/aromatic N) is 1. The number of anilines is 1. The van der Waals surface area contributed by atoms with Crippen molar-refractivity contribution in [1.82, 2.24) is 10.2 Å². The Hall–Kier alpha value is -3.35. The van der Waals surface area contributed by atoms with Crippen LogP contribution < -0.4 is 15.4 Å².